The number of nitrogens with one attached hydrogen (secondary N) is 1. The van der Waals surface area contributed by atoms with Gasteiger partial charge in [-0.15, -0.1) is 0 Å². The van der Waals surface area contributed by atoms with Gasteiger partial charge in [-0.05, 0) is 30.7 Å². The molecular formula is C17H17N3O4. The summed E-state index contributed by atoms with van der Waals surface area (Å²) in [5, 5.41) is 2.14. The number of amides is 2. The van der Waals surface area contributed by atoms with Crippen molar-refractivity contribution in [1.82, 2.24) is 9.88 Å². The van der Waals surface area contributed by atoms with Crippen molar-refractivity contribution >= 4 is 17.6 Å². The number of aromatic nitrogens is 1. The minimum atomic E-state index is -0.606. The van der Waals surface area contributed by atoms with E-state index in [1.54, 1.807) is 24.3 Å². The number of anilines is 1. The van der Waals surface area contributed by atoms with E-state index in [0.717, 1.165) is 18.9 Å². The Hall–Kier alpha value is -3.09. The van der Waals surface area contributed by atoms with Gasteiger partial charge in [0.1, 0.15) is 11.6 Å². The number of unbranched alkanes of at least 4 members (excludes halogenated alkanes) is 1. The molecule has 1 aromatic carbocycles. The van der Waals surface area contributed by atoms with Crippen molar-refractivity contribution in [3.8, 4) is 11.4 Å². The van der Waals surface area contributed by atoms with Gasteiger partial charge < -0.3 is 10.5 Å². The summed E-state index contributed by atoms with van der Waals surface area (Å²) in [6.45, 7) is 2.70. The minimum absolute atomic E-state index is 0.0123. The second-order valence-electron chi connectivity index (χ2n) is 5.47. The highest BCUT2D eigenvalue weighted by atomic mass is 16.5. The summed E-state index contributed by atoms with van der Waals surface area (Å²) in [7, 11) is 0. The van der Waals surface area contributed by atoms with E-state index in [0.29, 0.717) is 18.0 Å². The largest absolute Gasteiger partial charge is 0.494 e. The first-order valence-corrected chi connectivity index (χ1v) is 7.67. The number of hydrogen-bond acceptors (Lipinski definition) is 5. The molecule has 3 rings (SSSR count). The molecule has 2 aromatic rings. The van der Waals surface area contributed by atoms with Crippen molar-refractivity contribution in [2.24, 2.45) is 0 Å². The molecule has 7 heteroatoms. The quantitative estimate of drug-likeness (QED) is 0.639. The van der Waals surface area contributed by atoms with Gasteiger partial charge in [-0.1, -0.05) is 13.3 Å². The van der Waals surface area contributed by atoms with Crippen LogP contribution in [0.25, 0.3) is 5.69 Å². The Bertz CT molecular complexity index is 869. The van der Waals surface area contributed by atoms with Crippen molar-refractivity contribution in [2.45, 2.75) is 19.8 Å². The maximum absolute atomic E-state index is 12.3. The summed E-state index contributed by atoms with van der Waals surface area (Å²) >= 11 is 0. The third-order valence-electron chi connectivity index (χ3n) is 3.81. The molecule has 7 nitrogen and oxygen atoms in total. The van der Waals surface area contributed by atoms with Gasteiger partial charge in [0.25, 0.3) is 17.4 Å². The van der Waals surface area contributed by atoms with Gasteiger partial charge >= 0.3 is 0 Å². The highest BCUT2D eigenvalue weighted by Crippen LogP contribution is 2.23. The van der Waals surface area contributed by atoms with Crippen LogP contribution in [0.2, 0.25) is 0 Å². The normalized spacial score (nSPS) is 12.9. The Morgan fingerprint density at radius 2 is 1.83 bits per heavy atom. The molecule has 124 valence electrons. The van der Waals surface area contributed by atoms with Crippen molar-refractivity contribution in [3.05, 3.63) is 51.8 Å². The molecule has 0 fully saturated rings. The maximum atomic E-state index is 12.3. The van der Waals surface area contributed by atoms with E-state index in [9.17, 15) is 14.4 Å². The van der Waals surface area contributed by atoms with Gasteiger partial charge in [0.15, 0.2) is 0 Å². The first-order chi connectivity index (χ1) is 11.5. The number of carbonyl (C=O) groups is 2. The summed E-state index contributed by atoms with van der Waals surface area (Å²) < 4.78 is 6.78. The monoisotopic (exact) mass is 327 g/mol. The van der Waals surface area contributed by atoms with E-state index in [1.165, 1.54) is 4.57 Å². The van der Waals surface area contributed by atoms with Crippen LogP contribution in [-0.4, -0.2) is 23.0 Å². The molecule has 0 aliphatic carbocycles. The van der Waals surface area contributed by atoms with Crippen LogP contribution in [0.1, 0.15) is 40.5 Å². The Labute approximate surface area is 138 Å². The summed E-state index contributed by atoms with van der Waals surface area (Å²) in [6, 6.07) is 7.95. The number of hydrogen-bond donors (Lipinski definition) is 2. The topological polar surface area (TPSA) is 103 Å². The Morgan fingerprint density at radius 1 is 1.12 bits per heavy atom. The van der Waals surface area contributed by atoms with E-state index in [-0.39, 0.29) is 16.9 Å². The van der Waals surface area contributed by atoms with Gasteiger partial charge in [-0.2, -0.15) is 0 Å². The minimum Gasteiger partial charge on any atom is -0.494 e. The summed E-state index contributed by atoms with van der Waals surface area (Å²) in [5.41, 5.74) is 6.04. The first-order valence-electron chi connectivity index (χ1n) is 7.67. The third kappa shape index (κ3) is 2.64. The Morgan fingerprint density at radius 3 is 2.50 bits per heavy atom. The van der Waals surface area contributed by atoms with Crippen molar-refractivity contribution in [1.29, 1.82) is 0 Å². The van der Waals surface area contributed by atoms with Crippen molar-refractivity contribution in [3.63, 3.8) is 0 Å². The standard InChI is InChI=1S/C17H17N3O4/c1-2-3-8-24-11-6-4-10(5-7-11)20-13(21)9-12-14(15(20)18)17(23)19-16(12)22/h4-7,9H,2-3,8,18H2,1H3,(H,19,22,23). The fourth-order valence-electron chi connectivity index (χ4n) is 2.57. The lowest BCUT2D eigenvalue weighted by atomic mass is 10.1. The van der Waals surface area contributed by atoms with Crippen LogP contribution in [0, 0.1) is 0 Å². The number of pyridine rings is 1. The van der Waals surface area contributed by atoms with Gasteiger partial charge in [-0.3, -0.25) is 24.3 Å². The van der Waals surface area contributed by atoms with Crippen LogP contribution < -0.4 is 21.3 Å². The second-order valence-corrected chi connectivity index (χ2v) is 5.47. The molecule has 0 saturated carbocycles. The molecule has 1 aromatic heterocycles. The molecule has 24 heavy (non-hydrogen) atoms. The zero-order valence-electron chi connectivity index (χ0n) is 13.2. The Kier molecular flexibility index (Phi) is 4.07. The van der Waals surface area contributed by atoms with Crippen LogP contribution in [-0.2, 0) is 0 Å². The number of nitrogen functional groups attached to an aromatic ring is 1. The number of nitrogens with two attached hydrogens (primary N) is 1. The predicted molar refractivity (Wildman–Crippen MR) is 88.7 cm³/mol. The molecule has 0 radical (unpaired) electrons. The zero-order chi connectivity index (χ0) is 17.3. The molecule has 0 bridgehead atoms. The van der Waals surface area contributed by atoms with Gasteiger partial charge in [0, 0.05) is 6.07 Å². The molecule has 1 aliphatic rings. The summed E-state index contributed by atoms with van der Waals surface area (Å²) in [4.78, 5) is 35.8. The SMILES string of the molecule is CCCCOc1ccc(-n2c(N)c3c(cc2=O)C(=O)NC3=O)cc1. The molecule has 3 N–H and O–H groups in total. The molecular weight excluding hydrogens is 310 g/mol. The van der Waals surface area contributed by atoms with Gasteiger partial charge in [0.2, 0.25) is 0 Å². The molecule has 0 spiro atoms. The summed E-state index contributed by atoms with van der Waals surface area (Å²) in [6.07, 6.45) is 2.00. The fraction of sp³-hybridized carbons (Fsp3) is 0.235. The number of rotatable bonds is 5. The van der Waals surface area contributed by atoms with Crippen molar-refractivity contribution < 1.29 is 14.3 Å². The Balaban J connectivity index is 1.99. The molecule has 0 atom stereocenters. The predicted octanol–water partition coefficient (Wildman–Crippen LogP) is 1.48. The molecule has 2 amide bonds. The van der Waals surface area contributed by atoms with E-state index in [2.05, 4.69) is 12.2 Å². The van der Waals surface area contributed by atoms with Crippen LogP contribution in [0.4, 0.5) is 5.82 Å². The van der Waals surface area contributed by atoms with Crippen molar-refractivity contribution in [2.75, 3.05) is 12.3 Å². The van der Waals surface area contributed by atoms with Gasteiger partial charge in [0.05, 0.1) is 23.4 Å². The molecule has 0 saturated heterocycles. The number of carbonyl (C=O) groups excluding carboxylic acids is 2. The number of fused-ring (bicyclic) bond motifs is 1. The maximum Gasteiger partial charge on any atom is 0.262 e. The molecule has 1 aliphatic heterocycles. The molecule has 2 heterocycles. The second kappa shape index (κ2) is 6.19. The highest BCUT2D eigenvalue weighted by molar-refractivity contribution is 6.23. The van der Waals surface area contributed by atoms with E-state index in [4.69, 9.17) is 10.5 Å². The van der Waals surface area contributed by atoms with E-state index >= 15 is 0 Å². The first kappa shape index (κ1) is 15.8. The number of imide groups is 1. The smallest absolute Gasteiger partial charge is 0.262 e. The van der Waals surface area contributed by atoms with Crippen LogP contribution in [0.3, 0.4) is 0 Å². The van der Waals surface area contributed by atoms with E-state index < -0.39 is 17.4 Å². The summed E-state index contributed by atoms with van der Waals surface area (Å²) in [5.74, 6) is -0.570. The number of nitrogens with zero attached hydrogens (tertiary/aromatic N) is 1. The average molecular weight is 327 g/mol. The van der Waals surface area contributed by atoms with Gasteiger partial charge in [-0.25, -0.2) is 0 Å². The lowest BCUT2D eigenvalue weighted by molar-refractivity contribution is 0.0880. The lowest BCUT2D eigenvalue weighted by Gasteiger charge is -2.12. The van der Waals surface area contributed by atoms with Crippen LogP contribution in [0.15, 0.2) is 35.1 Å². The highest BCUT2D eigenvalue weighted by Gasteiger charge is 2.31. The fourth-order valence-corrected chi connectivity index (χ4v) is 2.57. The number of ether oxygens (including phenoxy) is 1. The van der Waals surface area contributed by atoms with Crippen LogP contribution in [0.5, 0.6) is 5.75 Å². The van der Waals surface area contributed by atoms with E-state index in [1.807, 2.05) is 0 Å². The number of benzene rings is 1. The zero-order valence-corrected chi connectivity index (χ0v) is 13.2. The lowest BCUT2D eigenvalue weighted by Crippen LogP contribution is -2.24. The third-order valence-corrected chi connectivity index (χ3v) is 3.81. The average Bonchev–Trinajstić information content (AvgIpc) is 2.83. The van der Waals surface area contributed by atoms with Crippen LogP contribution >= 0.6 is 0 Å². The molecule has 0 unspecified atom stereocenters.